The van der Waals surface area contributed by atoms with Crippen molar-refractivity contribution in [2.75, 3.05) is 25.6 Å². The second-order valence-electron chi connectivity index (χ2n) is 5.37. The molecule has 0 aliphatic carbocycles. The third kappa shape index (κ3) is 5.66. The number of thiazole rings is 1. The molecular formula is C13H21N3O3S. The van der Waals surface area contributed by atoms with Crippen molar-refractivity contribution in [1.82, 2.24) is 10.3 Å². The van der Waals surface area contributed by atoms with Crippen molar-refractivity contribution in [3.63, 3.8) is 0 Å². The molecule has 2 amide bonds. The molecular weight excluding hydrogens is 278 g/mol. The molecule has 2 N–H and O–H groups in total. The number of hydrogen-bond acceptors (Lipinski definition) is 5. The Balaban J connectivity index is 2.47. The molecule has 6 nitrogen and oxygen atoms in total. The minimum Gasteiger partial charge on any atom is -0.383 e. The highest BCUT2D eigenvalue weighted by atomic mass is 32.1. The molecule has 0 aliphatic rings. The third-order valence-corrected chi connectivity index (χ3v) is 3.23. The van der Waals surface area contributed by atoms with Crippen molar-refractivity contribution in [1.29, 1.82) is 0 Å². The van der Waals surface area contributed by atoms with Gasteiger partial charge < -0.3 is 15.4 Å². The van der Waals surface area contributed by atoms with Crippen LogP contribution in [-0.4, -0.2) is 37.1 Å². The lowest BCUT2D eigenvalue weighted by atomic mass is 9.96. The molecule has 7 heteroatoms. The molecule has 1 heterocycles. The van der Waals surface area contributed by atoms with Crippen molar-refractivity contribution >= 4 is 28.3 Å². The summed E-state index contributed by atoms with van der Waals surface area (Å²) in [6, 6.07) is 0. The van der Waals surface area contributed by atoms with E-state index in [2.05, 4.69) is 15.6 Å². The van der Waals surface area contributed by atoms with E-state index in [-0.39, 0.29) is 18.2 Å². The summed E-state index contributed by atoms with van der Waals surface area (Å²) in [4.78, 5) is 27.6. The molecule has 1 aromatic heterocycles. The number of rotatable bonds is 6. The van der Waals surface area contributed by atoms with Gasteiger partial charge in [-0.05, 0) is 0 Å². The Morgan fingerprint density at radius 2 is 2.10 bits per heavy atom. The first-order valence-corrected chi connectivity index (χ1v) is 7.22. The number of nitrogens with zero attached hydrogens (tertiary/aromatic N) is 1. The van der Waals surface area contributed by atoms with Crippen LogP contribution in [0.2, 0.25) is 0 Å². The van der Waals surface area contributed by atoms with Gasteiger partial charge >= 0.3 is 0 Å². The number of anilines is 1. The maximum Gasteiger partial charge on any atom is 0.231 e. The first kappa shape index (κ1) is 16.6. The van der Waals surface area contributed by atoms with Gasteiger partial charge in [0, 0.05) is 24.4 Å². The van der Waals surface area contributed by atoms with Gasteiger partial charge in [0.15, 0.2) is 5.13 Å². The molecule has 0 atom stereocenters. The van der Waals surface area contributed by atoms with Crippen LogP contribution in [0.3, 0.4) is 0 Å². The summed E-state index contributed by atoms with van der Waals surface area (Å²) in [6.07, 6.45) is 0.200. The van der Waals surface area contributed by atoms with E-state index in [0.717, 1.165) is 0 Å². The van der Waals surface area contributed by atoms with Crippen LogP contribution in [0.25, 0.3) is 0 Å². The van der Waals surface area contributed by atoms with Gasteiger partial charge in [0.25, 0.3) is 0 Å². The molecule has 0 radical (unpaired) electrons. The molecule has 1 aromatic rings. The van der Waals surface area contributed by atoms with E-state index in [9.17, 15) is 9.59 Å². The Morgan fingerprint density at radius 1 is 1.40 bits per heavy atom. The summed E-state index contributed by atoms with van der Waals surface area (Å²) < 4.78 is 4.85. The number of methoxy groups -OCH3 is 1. The van der Waals surface area contributed by atoms with Crippen molar-refractivity contribution < 1.29 is 14.3 Å². The Hall–Kier alpha value is -1.47. The number of carbonyl (C=O) groups is 2. The number of carbonyl (C=O) groups excluding carboxylic acids is 2. The molecule has 20 heavy (non-hydrogen) atoms. The van der Waals surface area contributed by atoms with Gasteiger partial charge in [-0.25, -0.2) is 4.98 Å². The molecule has 0 fully saturated rings. The smallest absolute Gasteiger partial charge is 0.231 e. The minimum atomic E-state index is -0.469. The van der Waals surface area contributed by atoms with Crippen LogP contribution in [-0.2, 0) is 20.7 Å². The van der Waals surface area contributed by atoms with Gasteiger partial charge in [0.2, 0.25) is 11.8 Å². The van der Waals surface area contributed by atoms with E-state index in [0.29, 0.717) is 24.0 Å². The Kier molecular flexibility index (Phi) is 6.09. The number of ether oxygens (including phenoxy) is 1. The van der Waals surface area contributed by atoms with Crippen LogP contribution >= 0.6 is 11.3 Å². The summed E-state index contributed by atoms with van der Waals surface area (Å²) in [5.41, 5.74) is 0.178. The molecule has 0 bridgehead atoms. The van der Waals surface area contributed by atoms with E-state index < -0.39 is 5.41 Å². The average molecular weight is 299 g/mol. The summed E-state index contributed by atoms with van der Waals surface area (Å²) in [6.45, 7) is 6.46. The van der Waals surface area contributed by atoms with Crippen LogP contribution in [0, 0.1) is 5.41 Å². The summed E-state index contributed by atoms with van der Waals surface area (Å²) in [5, 5.41) is 7.75. The predicted octanol–water partition coefficient (Wildman–Crippen LogP) is 1.43. The summed E-state index contributed by atoms with van der Waals surface area (Å²) in [7, 11) is 1.58. The lowest BCUT2D eigenvalue weighted by Crippen LogP contribution is -2.28. The van der Waals surface area contributed by atoms with Crippen LogP contribution in [0.5, 0.6) is 0 Å². The van der Waals surface area contributed by atoms with Crippen molar-refractivity contribution in [2.45, 2.75) is 27.2 Å². The van der Waals surface area contributed by atoms with Crippen molar-refractivity contribution in [3.8, 4) is 0 Å². The van der Waals surface area contributed by atoms with Crippen molar-refractivity contribution in [2.24, 2.45) is 5.41 Å². The second-order valence-corrected chi connectivity index (χ2v) is 6.23. The van der Waals surface area contributed by atoms with Crippen LogP contribution in [0.1, 0.15) is 26.5 Å². The topological polar surface area (TPSA) is 80.3 Å². The number of nitrogens with one attached hydrogen (secondary N) is 2. The van der Waals surface area contributed by atoms with Crippen molar-refractivity contribution in [3.05, 3.63) is 11.1 Å². The zero-order valence-electron chi connectivity index (χ0n) is 12.3. The Labute approximate surface area is 122 Å². The largest absolute Gasteiger partial charge is 0.383 e. The average Bonchev–Trinajstić information content (AvgIpc) is 2.75. The van der Waals surface area contributed by atoms with Gasteiger partial charge in [0.1, 0.15) is 0 Å². The molecule has 112 valence electrons. The van der Waals surface area contributed by atoms with E-state index >= 15 is 0 Å². The summed E-state index contributed by atoms with van der Waals surface area (Å²) >= 11 is 1.32. The highest BCUT2D eigenvalue weighted by Crippen LogP contribution is 2.20. The molecule has 0 unspecified atom stereocenters. The number of aromatic nitrogens is 1. The lowest BCUT2D eigenvalue weighted by Gasteiger charge is -2.15. The zero-order chi connectivity index (χ0) is 15.2. The highest BCUT2D eigenvalue weighted by molar-refractivity contribution is 7.13. The normalized spacial score (nSPS) is 11.2. The van der Waals surface area contributed by atoms with Crippen LogP contribution in [0.15, 0.2) is 5.38 Å². The third-order valence-electron chi connectivity index (χ3n) is 2.42. The van der Waals surface area contributed by atoms with Gasteiger partial charge in [-0.2, -0.15) is 0 Å². The fourth-order valence-electron chi connectivity index (χ4n) is 1.25. The molecule has 0 saturated heterocycles. The van der Waals surface area contributed by atoms with Gasteiger partial charge in [-0.1, -0.05) is 20.8 Å². The maximum absolute atomic E-state index is 11.8. The SMILES string of the molecule is COCCNC(=O)Cc1csc(NC(=O)C(C)(C)C)n1. The second kappa shape index (κ2) is 7.35. The molecule has 0 saturated carbocycles. The Bertz CT molecular complexity index is 466. The van der Waals surface area contributed by atoms with E-state index in [4.69, 9.17) is 4.74 Å². The number of amides is 2. The monoisotopic (exact) mass is 299 g/mol. The molecule has 1 rings (SSSR count). The fourth-order valence-corrected chi connectivity index (χ4v) is 1.96. The Morgan fingerprint density at radius 3 is 2.70 bits per heavy atom. The van der Waals surface area contributed by atoms with E-state index in [1.165, 1.54) is 11.3 Å². The van der Waals surface area contributed by atoms with E-state index in [1.54, 1.807) is 12.5 Å². The fraction of sp³-hybridized carbons (Fsp3) is 0.615. The van der Waals surface area contributed by atoms with Gasteiger partial charge in [0.05, 0.1) is 18.7 Å². The first-order chi connectivity index (χ1) is 9.32. The van der Waals surface area contributed by atoms with Gasteiger partial charge in [-0.3, -0.25) is 9.59 Å². The molecule has 0 aromatic carbocycles. The highest BCUT2D eigenvalue weighted by Gasteiger charge is 2.22. The minimum absolute atomic E-state index is 0.0945. The first-order valence-electron chi connectivity index (χ1n) is 6.34. The molecule has 0 spiro atoms. The van der Waals surface area contributed by atoms with Crippen LogP contribution < -0.4 is 10.6 Å². The summed E-state index contributed by atoms with van der Waals surface area (Å²) in [5.74, 6) is -0.205. The number of hydrogen-bond donors (Lipinski definition) is 2. The zero-order valence-corrected chi connectivity index (χ0v) is 13.1. The maximum atomic E-state index is 11.8. The quantitative estimate of drug-likeness (QED) is 0.779. The lowest BCUT2D eigenvalue weighted by molar-refractivity contribution is -0.123. The van der Waals surface area contributed by atoms with Crippen LogP contribution in [0.4, 0.5) is 5.13 Å². The van der Waals surface area contributed by atoms with Gasteiger partial charge in [-0.15, -0.1) is 11.3 Å². The standard InChI is InChI=1S/C13H21N3O3S/c1-13(2,3)11(18)16-12-15-9(8-20-12)7-10(17)14-5-6-19-4/h8H,5-7H2,1-4H3,(H,14,17)(H,15,16,18). The predicted molar refractivity (Wildman–Crippen MR) is 78.8 cm³/mol. The van der Waals surface area contributed by atoms with E-state index in [1.807, 2.05) is 20.8 Å². The molecule has 0 aliphatic heterocycles.